The molecule has 1 fully saturated rings. The highest BCUT2D eigenvalue weighted by Crippen LogP contribution is 2.41. The Balaban J connectivity index is 2.55. The van der Waals surface area contributed by atoms with Crippen LogP contribution in [0.4, 0.5) is 0 Å². The minimum atomic E-state index is -1.86. The van der Waals surface area contributed by atoms with Crippen LogP contribution in [-0.4, -0.2) is 32.8 Å². The van der Waals surface area contributed by atoms with Crippen molar-refractivity contribution in [2.24, 2.45) is 5.92 Å². The molecule has 0 unspecified atom stereocenters. The number of carbonyl (C=O) groups excluding carboxylic acids is 2. The summed E-state index contributed by atoms with van der Waals surface area (Å²) in [7, 11) is -1.86. The van der Waals surface area contributed by atoms with Gasteiger partial charge < -0.3 is 9.16 Å². The van der Waals surface area contributed by atoms with Gasteiger partial charge in [-0.3, -0.25) is 9.59 Å². The summed E-state index contributed by atoms with van der Waals surface area (Å²) in [5.41, 5.74) is 0. The first-order valence-electron chi connectivity index (χ1n) is 8.42. The third kappa shape index (κ3) is 5.50. The molecule has 0 saturated heterocycles. The Morgan fingerprint density at radius 1 is 1.27 bits per heavy atom. The second kappa shape index (κ2) is 7.73. The second-order valence-electron chi connectivity index (χ2n) is 7.82. The Kier molecular flexibility index (Phi) is 6.80. The van der Waals surface area contributed by atoms with Gasteiger partial charge in [0.25, 0.3) is 0 Å². The van der Waals surface area contributed by atoms with E-state index in [-0.39, 0.29) is 23.0 Å². The van der Waals surface area contributed by atoms with E-state index in [2.05, 4.69) is 33.9 Å². The number of hydrogen-bond donors (Lipinski definition) is 0. The van der Waals surface area contributed by atoms with Crippen molar-refractivity contribution in [1.82, 2.24) is 0 Å². The lowest BCUT2D eigenvalue weighted by Gasteiger charge is -2.39. The quantitative estimate of drug-likeness (QED) is 0.522. The first-order valence-corrected chi connectivity index (χ1v) is 11.3. The Labute approximate surface area is 136 Å². The first kappa shape index (κ1) is 19.4. The second-order valence-corrected chi connectivity index (χ2v) is 12.6. The van der Waals surface area contributed by atoms with E-state index in [1.807, 2.05) is 6.92 Å². The number of Topliss-reactive ketones (excluding diaryl/α,β-unsaturated/α-hetero) is 1. The fourth-order valence-electron chi connectivity index (χ4n) is 2.62. The van der Waals surface area contributed by atoms with Gasteiger partial charge in [0.05, 0.1) is 12.7 Å². The van der Waals surface area contributed by atoms with Crippen molar-refractivity contribution < 1.29 is 18.8 Å². The maximum Gasteiger partial charge on any atom is 0.305 e. The van der Waals surface area contributed by atoms with Crippen LogP contribution in [0.15, 0.2) is 0 Å². The largest absolute Gasteiger partial charge is 0.466 e. The van der Waals surface area contributed by atoms with Gasteiger partial charge in [-0.15, -0.1) is 0 Å². The molecule has 0 amide bonds. The third-order valence-corrected chi connectivity index (χ3v) is 9.46. The van der Waals surface area contributed by atoms with Crippen molar-refractivity contribution in [3.05, 3.63) is 0 Å². The van der Waals surface area contributed by atoms with Crippen LogP contribution in [0.5, 0.6) is 0 Å². The summed E-state index contributed by atoms with van der Waals surface area (Å²) >= 11 is 0. The molecule has 1 rings (SSSR count). The molecule has 128 valence electrons. The lowest BCUT2D eigenvalue weighted by molar-refractivity contribution is -0.143. The van der Waals surface area contributed by atoms with Gasteiger partial charge in [0.2, 0.25) is 0 Å². The molecule has 0 spiro atoms. The van der Waals surface area contributed by atoms with Gasteiger partial charge in [0, 0.05) is 19.3 Å². The molecule has 2 atom stereocenters. The Bertz CT molecular complexity index is 398. The number of esters is 1. The molecule has 4 nitrogen and oxygen atoms in total. The molecule has 5 heteroatoms. The van der Waals surface area contributed by atoms with E-state index in [1.54, 1.807) is 0 Å². The topological polar surface area (TPSA) is 52.6 Å². The van der Waals surface area contributed by atoms with E-state index in [0.717, 1.165) is 12.8 Å². The monoisotopic (exact) mass is 328 g/mol. The fourth-order valence-corrected chi connectivity index (χ4v) is 4.01. The molecule has 1 aliphatic rings. The van der Waals surface area contributed by atoms with Crippen LogP contribution < -0.4 is 0 Å². The molecule has 0 aromatic heterocycles. The molecule has 0 bridgehead atoms. The van der Waals surface area contributed by atoms with Gasteiger partial charge in [0.15, 0.2) is 8.32 Å². The number of hydrogen-bond acceptors (Lipinski definition) is 4. The summed E-state index contributed by atoms with van der Waals surface area (Å²) in [6, 6.07) is 0. The predicted molar refractivity (Wildman–Crippen MR) is 90.3 cm³/mol. The number of carbonyl (C=O) groups is 2. The van der Waals surface area contributed by atoms with Crippen LogP contribution in [0.25, 0.3) is 0 Å². The lowest BCUT2D eigenvalue weighted by Crippen LogP contribution is -2.44. The van der Waals surface area contributed by atoms with Gasteiger partial charge in [-0.2, -0.15) is 0 Å². The van der Waals surface area contributed by atoms with Gasteiger partial charge in [-0.1, -0.05) is 20.8 Å². The zero-order valence-corrected chi connectivity index (χ0v) is 16.0. The molecular formula is C17H32O4Si. The van der Waals surface area contributed by atoms with Crippen LogP contribution >= 0.6 is 0 Å². The summed E-state index contributed by atoms with van der Waals surface area (Å²) in [6.45, 7) is 13.3. The van der Waals surface area contributed by atoms with Crippen molar-refractivity contribution in [2.75, 3.05) is 6.61 Å². The van der Waals surface area contributed by atoms with E-state index in [9.17, 15) is 9.59 Å². The van der Waals surface area contributed by atoms with Crippen LogP contribution in [0.1, 0.15) is 59.8 Å². The summed E-state index contributed by atoms with van der Waals surface area (Å²) in [6.07, 6.45) is 3.25. The molecular weight excluding hydrogens is 296 g/mol. The Morgan fingerprint density at radius 3 is 2.45 bits per heavy atom. The number of rotatable bonds is 7. The van der Waals surface area contributed by atoms with E-state index in [4.69, 9.17) is 9.16 Å². The number of ether oxygens (including phenoxy) is 1. The number of ketones is 1. The van der Waals surface area contributed by atoms with Gasteiger partial charge >= 0.3 is 5.97 Å². The maximum absolute atomic E-state index is 11.8. The molecule has 0 aliphatic heterocycles. The van der Waals surface area contributed by atoms with Crippen molar-refractivity contribution in [2.45, 2.75) is 84.0 Å². The Hall–Kier alpha value is -0.683. The Morgan fingerprint density at radius 2 is 1.91 bits per heavy atom. The molecule has 0 aromatic rings. The standard InChI is InChI=1S/C17H32O4Si/c1-7-20-16(19)10-8-9-13-11-14(18)12-15(13)21-22(5,6)17(2,3)4/h13,15H,7-12H2,1-6H3/t13-,15-/m1/s1. The van der Waals surface area contributed by atoms with E-state index in [1.165, 1.54) is 0 Å². The first-order chi connectivity index (χ1) is 10.1. The van der Waals surface area contributed by atoms with E-state index in [0.29, 0.717) is 31.7 Å². The summed E-state index contributed by atoms with van der Waals surface area (Å²) in [5, 5.41) is 0.147. The average molecular weight is 329 g/mol. The summed E-state index contributed by atoms with van der Waals surface area (Å²) in [4.78, 5) is 23.3. The minimum absolute atomic E-state index is 0.0376. The predicted octanol–water partition coefficient (Wildman–Crippen LogP) is 4.09. The van der Waals surface area contributed by atoms with Crippen molar-refractivity contribution in [3.63, 3.8) is 0 Å². The molecule has 1 saturated carbocycles. The molecule has 0 heterocycles. The highest BCUT2D eigenvalue weighted by atomic mass is 28.4. The molecule has 0 aromatic carbocycles. The van der Waals surface area contributed by atoms with Crippen LogP contribution in [-0.2, 0) is 18.8 Å². The normalized spacial score (nSPS) is 22.9. The molecule has 0 N–H and O–H groups in total. The average Bonchev–Trinajstić information content (AvgIpc) is 2.67. The van der Waals surface area contributed by atoms with E-state index >= 15 is 0 Å². The van der Waals surface area contributed by atoms with Gasteiger partial charge in [-0.05, 0) is 43.8 Å². The van der Waals surface area contributed by atoms with Gasteiger partial charge in [-0.25, -0.2) is 0 Å². The van der Waals surface area contributed by atoms with E-state index < -0.39 is 8.32 Å². The minimum Gasteiger partial charge on any atom is -0.466 e. The van der Waals surface area contributed by atoms with Gasteiger partial charge in [0.1, 0.15) is 5.78 Å². The smallest absolute Gasteiger partial charge is 0.305 e. The summed E-state index contributed by atoms with van der Waals surface area (Å²) in [5.74, 6) is 0.412. The lowest BCUT2D eigenvalue weighted by atomic mass is 9.98. The zero-order valence-electron chi connectivity index (χ0n) is 15.0. The highest BCUT2D eigenvalue weighted by molar-refractivity contribution is 6.74. The van der Waals surface area contributed by atoms with Crippen molar-refractivity contribution in [3.8, 4) is 0 Å². The van der Waals surface area contributed by atoms with Crippen LogP contribution in [0.3, 0.4) is 0 Å². The van der Waals surface area contributed by atoms with Crippen molar-refractivity contribution >= 4 is 20.1 Å². The third-order valence-electron chi connectivity index (χ3n) is 4.96. The maximum atomic E-state index is 11.8. The van der Waals surface area contributed by atoms with Crippen LogP contribution in [0.2, 0.25) is 18.1 Å². The molecule has 1 aliphatic carbocycles. The highest BCUT2D eigenvalue weighted by Gasteiger charge is 2.43. The summed E-state index contributed by atoms with van der Waals surface area (Å²) < 4.78 is 11.4. The van der Waals surface area contributed by atoms with Crippen LogP contribution in [0, 0.1) is 5.92 Å². The molecule has 22 heavy (non-hydrogen) atoms. The fraction of sp³-hybridized carbons (Fsp3) is 0.882. The van der Waals surface area contributed by atoms with Crippen molar-refractivity contribution in [1.29, 1.82) is 0 Å². The zero-order chi connectivity index (χ0) is 17.0. The SMILES string of the molecule is CCOC(=O)CCC[C@@H]1CC(=O)C[C@H]1O[Si](C)(C)C(C)(C)C. The molecule has 0 radical (unpaired) electrons.